The molecule has 0 spiro atoms. The minimum Gasteiger partial charge on any atom is -0.325 e. The van der Waals surface area contributed by atoms with Gasteiger partial charge in [0, 0.05) is 17.6 Å². The number of hydrogen-bond donors (Lipinski definition) is 0. The lowest BCUT2D eigenvalue weighted by atomic mass is 9.96. The molecular formula is C24H25F4N5. The van der Waals surface area contributed by atoms with Gasteiger partial charge in [0.1, 0.15) is 18.0 Å². The lowest BCUT2D eigenvalue weighted by Gasteiger charge is -2.32. The smallest absolute Gasteiger partial charge is 0.325 e. The fourth-order valence-corrected chi connectivity index (χ4v) is 3.75. The summed E-state index contributed by atoms with van der Waals surface area (Å²) in [5.41, 5.74) is 3.05. The van der Waals surface area contributed by atoms with Crippen molar-refractivity contribution < 1.29 is 17.6 Å². The molecule has 0 fully saturated rings. The molecule has 0 unspecified atom stereocenters. The number of anilines is 2. The molecule has 5 rings (SSSR count). The largest absolute Gasteiger partial charge is 0.393 e. The number of fused-ring (bicyclic) bond motifs is 4. The van der Waals surface area contributed by atoms with E-state index in [9.17, 15) is 17.6 Å². The van der Waals surface area contributed by atoms with Crippen LogP contribution in [0.4, 0.5) is 29.1 Å². The van der Waals surface area contributed by atoms with Gasteiger partial charge < -0.3 is 4.90 Å². The molecule has 5 nitrogen and oxygen atoms in total. The summed E-state index contributed by atoms with van der Waals surface area (Å²) in [6.07, 6.45) is -0.361. The number of aryl methyl sites for hydroxylation is 1. The predicted octanol–water partition coefficient (Wildman–Crippen LogP) is 6.40. The molecule has 4 aromatic rings. The SMILES string of the molecule is CC(C)(C)C(F)(F)F.Cc1cccc2c1CCCN2c1nc2nncn2c2ccc(F)cc12. The summed E-state index contributed by atoms with van der Waals surface area (Å²) in [6, 6.07) is 11.1. The first-order valence-electron chi connectivity index (χ1n) is 10.7. The second kappa shape index (κ2) is 8.28. The molecule has 0 bridgehead atoms. The van der Waals surface area contributed by atoms with E-state index in [0.29, 0.717) is 5.78 Å². The van der Waals surface area contributed by atoms with Crippen molar-refractivity contribution in [2.45, 2.75) is 46.7 Å². The van der Waals surface area contributed by atoms with Crippen molar-refractivity contribution in [1.82, 2.24) is 19.6 Å². The fourth-order valence-electron chi connectivity index (χ4n) is 3.75. The molecule has 33 heavy (non-hydrogen) atoms. The first-order valence-corrected chi connectivity index (χ1v) is 10.7. The second-order valence-electron chi connectivity index (χ2n) is 9.17. The third-order valence-corrected chi connectivity index (χ3v) is 5.79. The molecule has 1 aliphatic rings. The Bertz CT molecular complexity index is 1290. The predicted molar refractivity (Wildman–Crippen MR) is 120 cm³/mol. The molecule has 9 heteroatoms. The van der Waals surface area contributed by atoms with E-state index in [1.54, 1.807) is 22.9 Å². The van der Waals surface area contributed by atoms with Gasteiger partial charge in [-0.25, -0.2) is 4.39 Å². The van der Waals surface area contributed by atoms with E-state index in [-0.39, 0.29) is 5.82 Å². The molecule has 2 aromatic carbocycles. The molecular weight excluding hydrogens is 434 g/mol. The first-order chi connectivity index (χ1) is 15.5. The van der Waals surface area contributed by atoms with E-state index in [0.717, 1.165) is 62.6 Å². The van der Waals surface area contributed by atoms with Crippen molar-refractivity contribution in [2.75, 3.05) is 11.4 Å². The molecule has 3 heterocycles. The molecule has 0 atom stereocenters. The first kappa shape index (κ1) is 22.9. The van der Waals surface area contributed by atoms with Crippen molar-refractivity contribution in [3.05, 3.63) is 59.7 Å². The van der Waals surface area contributed by atoms with Crippen molar-refractivity contribution >= 4 is 28.2 Å². The number of benzene rings is 2. The molecule has 0 amide bonds. The minimum absolute atomic E-state index is 0.274. The molecule has 0 N–H and O–H groups in total. The summed E-state index contributed by atoms with van der Waals surface area (Å²) in [5.74, 6) is 0.986. The summed E-state index contributed by atoms with van der Waals surface area (Å²) in [5, 5.41) is 8.82. The summed E-state index contributed by atoms with van der Waals surface area (Å²) in [4.78, 5) is 6.89. The lowest BCUT2D eigenvalue weighted by Crippen LogP contribution is -2.28. The van der Waals surface area contributed by atoms with Gasteiger partial charge in [0.2, 0.25) is 0 Å². The molecule has 1 aliphatic heterocycles. The molecule has 174 valence electrons. The fraction of sp³-hybridized carbons (Fsp3) is 0.375. The highest BCUT2D eigenvalue weighted by Crippen LogP contribution is 2.38. The van der Waals surface area contributed by atoms with Crippen molar-refractivity contribution in [3.63, 3.8) is 0 Å². The van der Waals surface area contributed by atoms with E-state index < -0.39 is 11.6 Å². The number of alkyl halides is 3. The highest BCUT2D eigenvalue weighted by molar-refractivity contribution is 5.94. The van der Waals surface area contributed by atoms with Gasteiger partial charge in [-0.05, 0) is 55.2 Å². The van der Waals surface area contributed by atoms with Gasteiger partial charge in [-0.1, -0.05) is 32.9 Å². The number of rotatable bonds is 1. The van der Waals surface area contributed by atoms with Crippen molar-refractivity contribution in [1.29, 1.82) is 0 Å². The van der Waals surface area contributed by atoms with E-state index in [4.69, 9.17) is 4.98 Å². The number of halogens is 4. The van der Waals surface area contributed by atoms with Gasteiger partial charge >= 0.3 is 6.18 Å². The Kier molecular flexibility index (Phi) is 5.76. The quantitative estimate of drug-likeness (QED) is 0.309. The Morgan fingerprint density at radius 2 is 1.76 bits per heavy atom. The van der Waals surface area contributed by atoms with Gasteiger partial charge in [-0.3, -0.25) is 4.40 Å². The van der Waals surface area contributed by atoms with Gasteiger partial charge in [-0.15, -0.1) is 10.2 Å². The summed E-state index contributed by atoms with van der Waals surface area (Å²) in [7, 11) is 0. The van der Waals surface area contributed by atoms with Crippen LogP contribution in [0.15, 0.2) is 42.7 Å². The molecule has 0 saturated heterocycles. The van der Waals surface area contributed by atoms with E-state index in [1.807, 2.05) is 0 Å². The zero-order valence-corrected chi connectivity index (χ0v) is 18.9. The maximum absolute atomic E-state index is 14.0. The number of hydrogen-bond acceptors (Lipinski definition) is 4. The Balaban J connectivity index is 0.000000281. The monoisotopic (exact) mass is 459 g/mol. The molecule has 0 radical (unpaired) electrons. The molecule has 0 saturated carbocycles. The van der Waals surface area contributed by atoms with Crippen LogP contribution in [0.5, 0.6) is 0 Å². The van der Waals surface area contributed by atoms with Crippen LogP contribution in [0.25, 0.3) is 16.7 Å². The van der Waals surface area contributed by atoms with Gasteiger partial charge in [-0.2, -0.15) is 18.2 Å². The third-order valence-electron chi connectivity index (χ3n) is 5.79. The topological polar surface area (TPSA) is 46.3 Å². The lowest BCUT2D eigenvalue weighted by molar-refractivity contribution is -0.204. The van der Waals surface area contributed by atoms with Crippen LogP contribution < -0.4 is 4.90 Å². The van der Waals surface area contributed by atoms with E-state index in [2.05, 4.69) is 40.2 Å². The average molecular weight is 459 g/mol. The van der Waals surface area contributed by atoms with Crippen molar-refractivity contribution in [2.24, 2.45) is 5.41 Å². The average Bonchev–Trinajstić information content (AvgIpc) is 3.21. The van der Waals surface area contributed by atoms with Crippen LogP contribution in [-0.2, 0) is 6.42 Å². The number of nitrogens with zero attached hydrogens (tertiary/aromatic N) is 5. The Morgan fingerprint density at radius 3 is 2.45 bits per heavy atom. The van der Waals surface area contributed by atoms with Crippen LogP contribution in [0.2, 0.25) is 0 Å². The van der Waals surface area contributed by atoms with Gasteiger partial charge in [0.05, 0.1) is 10.9 Å². The summed E-state index contributed by atoms with van der Waals surface area (Å²) in [6.45, 7) is 6.42. The van der Waals surface area contributed by atoms with Crippen molar-refractivity contribution in [3.8, 4) is 0 Å². The van der Waals surface area contributed by atoms with Gasteiger partial charge in [0.25, 0.3) is 5.78 Å². The highest BCUT2D eigenvalue weighted by atomic mass is 19.4. The highest BCUT2D eigenvalue weighted by Gasteiger charge is 2.42. The summed E-state index contributed by atoms with van der Waals surface area (Å²) < 4.78 is 50.5. The maximum Gasteiger partial charge on any atom is 0.393 e. The van der Waals surface area contributed by atoms with Crippen LogP contribution in [0.3, 0.4) is 0 Å². The Morgan fingerprint density at radius 1 is 1.03 bits per heavy atom. The van der Waals surface area contributed by atoms with E-state index in [1.165, 1.54) is 17.2 Å². The second-order valence-corrected chi connectivity index (χ2v) is 9.17. The third kappa shape index (κ3) is 4.36. The van der Waals surface area contributed by atoms with Crippen LogP contribution in [0, 0.1) is 18.2 Å². The zero-order valence-electron chi connectivity index (χ0n) is 18.9. The number of aromatic nitrogens is 4. The summed E-state index contributed by atoms with van der Waals surface area (Å²) >= 11 is 0. The maximum atomic E-state index is 14.0. The standard InChI is InChI=1S/C19H16FN5.C5H9F3/c1-12-4-2-6-16-14(12)5-3-9-24(16)18-15-10-13(20)7-8-17(15)25-11-21-23-19(25)22-18;1-4(2,3)5(6,7)8/h2,4,6-8,10-11H,3,5,9H2,1H3;1-3H3. The molecule has 2 aromatic heterocycles. The Labute approximate surface area is 189 Å². The van der Waals surface area contributed by atoms with E-state index >= 15 is 0 Å². The normalized spacial score (nSPS) is 14.2. The minimum atomic E-state index is -4.06. The Hall–Kier alpha value is -3.23. The molecule has 0 aliphatic carbocycles. The van der Waals surface area contributed by atoms with Crippen LogP contribution >= 0.6 is 0 Å². The zero-order chi connectivity index (χ0) is 24.0. The van der Waals surface area contributed by atoms with Gasteiger partial charge in [0.15, 0.2) is 0 Å². The van der Waals surface area contributed by atoms with Crippen LogP contribution in [-0.4, -0.2) is 32.3 Å². The van der Waals surface area contributed by atoms with Crippen LogP contribution in [0.1, 0.15) is 38.3 Å².